The first-order valence-corrected chi connectivity index (χ1v) is 11.7. The number of halogens is 1. The van der Waals surface area contributed by atoms with Crippen molar-refractivity contribution in [2.45, 2.75) is 49.7 Å². The molecule has 4 aliphatic rings. The standard InChI is InChI=1S/C21H24FN3O3S/c1-29-9-8-15-16-17(19(27)25(18(16)26)12-4-2-3-5-12)21(24-15)13-10-11(22)6-7-14(13)23-20(21)28/h6-7,10,12,15-17,24H,2-5,8-9H2,1H3,(H,23,28)/p+1/t15-,16+,17+,21+/m0/s1. The second-order valence-corrected chi connectivity index (χ2v) is 9.60. The van der Waals surface area contributed by atoms with Crippen molar-refractivity contribution in [2.75, 3.05) is 17.3 Å². The van der Waals surface area contributed by atoms with E-state index in [4.69, 9.17) is 0 Å². The van der Waals surface area contributed by atoms with Crippen molar-refractivity contribution in [3.8, 4) is 0 Å². The molecule has 1 spiro atoms. The van der Waals surface area contributed by atoms with Crippen molar-refractivity contribution in [1.29, 1.82) is 0 Å². The van der Waals surface area contributed by atoms with Crippen LogP contribution < -0.4 is 10.6 Å². The number of likely N-dealkylation sites (tertiary alicyclic amines) is 1. The van der Waals surface area contributed by atoms with E-state index in [0.29, 0.717) is 11.3 Å². The van der Waals surface area contributed by atoms with Gasteiger partial charge >= 0.3 is 0 Å². The maximum atomic E-state index is 14.1. The van der Waals surface area contributed by atoms with Gasteiger partial charge in [0.05, 0.1) is 5.69 Å². The number of thioether (sulfide) groups is 1. The van der Waals surface area contributed by atoms with Crippen molar-refractivity contribution < 1.29 is 24.1 Å². The average molecular weight is 419 g/mol. The molecule has 8 heteroatoms. The molecule has 2 saturated heterocycles. The van der Waals surface area contributed by atoms with Gasteiger partial charge in [-0.1, -0.05) is 12.8 Å². The molecule has 1 aliphatic carbocycles. The summed E-state index contributed by atoms with van der Waals surface area (Å²) in [5, 5.41) is 4.73. The van der Waals surface area contributed by atoms with Crippen molar-refractivity contribution in [2.24, 2.45) is 11.8 Å². The minimum Gasteiger partial charge on any atom is -0.326 e. The molecule has 29 heavy (non-hydrogen) atoms. The lowest BCUT2D eigenvalue weighted by Crippen LogP contribution is -2.99. The smallest absolute Gasteiger partial charge is 0.291 e. The zero-order valence-corrected chi connectivity index (χ0v) is 17.1. The van der Waals surface area contributed by atoms with Crippen LogP contribution in [-0.2, 0) is 19.9 Å². The summed E-state index contributed by atoms with van der Waals surface area (Å²) >= 11 is 1.68. The minimum atomic E-state index is -1.26. The summed E-state index contributed by atoms with van der Waals surface area (Å²) in [6.45, 7) is 0. The minimum absolute atomic E-state index is 0.0599. The number of nitrogens with one attached hydrogen (secondary N) is 1. The fourth-order valence-electron chi connectivity index (χ4n) is 6.00. The molecule has 3 N–H and O–H groups in total. The molecule has 0 aromatic heterocycles. The van der Waals surface area contributed by atoms with Crippen LogP contribution in [0.4, 0.5) is 10.1 Å². The highest BCUT2D eigenvalue weighted by atomic mass is 32.2. The van der Waals surface area contributed by atoms with E-state index in [1.807, 2.05) is 11.6 Å². The van der Waals surface area contributed by atoms with Gasteiger partial charge in [0, 0.05) is 18.0 Å². The highest BCUT2D eigenvalue weighted by Crippen LogP contribution is 2.50. The van der Waals surface area contributed by atoms with Gasteiger partial charge in [-0.05, 0) is 43.0 Å². The van der Waals surface area contributed by atoms with Gasteiger partial charge in [-0.2, -0.15) is 11.8 Å². The van der Waals surface area contributed by atoms with Crippen LogP contribution in [0.25, 0.3) is 0 Å². The fourth-order valence-corrected chi connectivity index (χ4v) is 6.51. The van der Waals surface area contributed by atoms with Crippen molar-refractivity contribution in [1.82, 2.24) is 4.90 Å². The van der Waals surface area contributed by atoms with E-state index in [9.17, 15) is 18.8 Å². The first kappa shape index (κ1) is 19.1. The molecule has 154 valence electrons. The molecule has 0 bridgehead atoms. The number of nitrogens with zero attached hydrogens (tertiary/aromatic N) is 1. The van der Waals surface area contributed by atoms with Crippen LogP contribution in [0.15, 0.2) is 18.2 Å². The van der Waals surface area contributed by atoms with Gasteiger partial charge in [0.1, 0.15) is 23.7 Å². The second-order valence-electron chi connectivity index (χ2n) is 8.61. The van der Waals surface area contributed by atoms with Gasteiger partial charge < -0.3 is 10.6 Å². The lowest BCUT2D eigenvalue weighted by molar-refractivity contribution is -0.733. The Labute approximate surface area is 173 Å². The number of carbonyl (C=O) groups excluding carboxylic acids is 3. The predicted octanol–water partition coefficient (Wildman–Crippen LogP) is 1.22. The van der Waals surface area contributed by atoms with Crippen molar-refractivity contribution in [3.05, 3.63) is 29.6 Å². The Bertz CT molecular complexity index is 903. The summed E-state index contributed by atoms with van der Waals surface area (Å²) in [7, 11) is 0. The van der Waals surface area contributed by atoms with Gasteiger partial charge in [-0.3, -0.25) is 19.3 Å². The number of fused-ring (bicyclic) bond motifs is 4. The number of quaternary nitrogens is 1. The number of anilines is 1. The molecular formula is C21H25FN3O3S+. The van der Waals surface area contributed by atoms with Gasteiger partial charge in [0.15, 0.2) is 0 Å². The summed E-state index contributed by atoms with van der Waals surface area (Å²) in [4.78, 5) is 41.8. The Morgan fingerprint density at radius 3 is 2.72 bits per heavy atom. The molecule has 1 aromatic carbocycles. The van der Waals surface area contributed by atoms with E-state index in [1.165, 1.54) is 17.0 Å². The molecule has 1 saturated carbocycles. The molecule has 1 aromatic rings. The Hall–Kier alpha value is -1.93. The monoisotopic (exact) mass is 418 g/mol. The van der Waals surface area contributed by atoms with Crippen LogP contribution in [0.5, 0.6) is 0 Å². The van der Waals surface area contributed by atoms with Crippen LogP contribution >= 0.6 is 11.8 Å². The quantitative estimate of drug-likeness (QED) is 0.721. The summed E-state index contributed by atoms with van der Waals surface area (Å²) in [5.74, 6) is -1.61. The first-order chi connectivity index (χ1) is 14.0. The number of carbonyl (C=O) groups is 3. The maximum absolute atomic E-state index is 14.1. The Balaban J connectivity index is 1.63. The molecule has 4 atom stereocenters. The molecular weight excluding hydrogens is 393 g/mol. The number of nitrogens with two attached hydrogens (primary N) is 1. The van der Waals surface area contributed by atoms with Crippen LogP contribution in [0.1, 0.15) is 37.7 Å². The summed E-state index contributed by atoms with van der Waals surface area (Å²) in [6, 6.07) is 3.98. The van der Waals surface area contributed by atoms with Crippen molar-refractivity contribution in [3.63, 3.8) is 0 Å². The van der Waals surface area contributed by atoms with E-state index >= 15 is 0 Å². The highest BCUT2D eigenvalue weighted by molar-refractivity contribution is 7.98. The van der Waals surface area contributed by atoms with Crippen LogP contribution in [-0.4, -0.2) is 46.7 Å². The first-order valence-electron chi connectivity index (χ1n) is 10.3. The van der Waals surface area contributed by atoms with Gasteiger partial charge in [-0.15, -0.1) is 0 Å². The molecule has 0 radical (unpaired) electrons. The number of hydrogen-bond acceptors (Lipinski definition) is 4. The highest BCUT2D eigenvalue weighted by Gasteiger charge is 2.74. The number of hydrogen-bond donors (Lipinski definition) is 2. The topological polar surface area (TPSA) is 83.1 Å². The number of rotatable bonds is 4. The zero-order valence-electron chi connectivity index (χ0n) is 16.3. The summed E-state index contributed by atoms with van der Waals surface area (Å²) < 4.78 is 14.1. The third kappa shape index (κ3) is 2.54. The molecule has 3 fully saturated rings. The summed E-state index contributed by atoms with van der Waals surface area (Å²) in [6.07, 6.45) is 6.42. The second kappa shape index (κ2) is 6.80. The van der Waals surface area contributed by atoms with E-state index < -0.39 is 23.2 Å². The maximum Gasteiger partial charge on any atom is 0.291 e. The van der Waals surface area contributed by atoms with Crippen LogP contribution in [0.2, 0.25) is 0 Å². The zero-order chi connectivity index (χ0) is 20.3. The van der Waals surface area contributed by atoms with Crippen LogP contribution in [0.3, 0.4) is 0 Å². The molecule has 5 rings (SSSR count). The third-order valence-corrected chi connectivity index (χ3v) is 7.85. The Kier molecular flexibility index (Phi) is 4.47. The Morgan fingerprint density at radius 1 is 1.24 bits per heavy atom. The van der Waals surface area contributed by atoms with Crippen LogP contribution in [0, 0.1) is 17.7 Å². The van der Waals surface area contributed by atoms with E-state index in [0.717, 1.165) is 37.9 Å². The Morgan fingerprint density at radius 2 is 2.00 bits per heavy atom. The van der Waals surface area contributed by atoms with E-state index in [-0.39, 0.29) is 29.8 Å². The predicted molar refractivity (Wildman–Crippen MR) is 107 cm³/mol. The van der Waals surface area contributed by atoms with Crippen molar-refractivity contribution >= 4 is 35.2 Å². The van der Waals surface area contributed by atoms with E-state index in [1.54, 1.807) is 17.8 Å². The lowest BCUT2D eigenvalue weighted by Gasteiger charge is -2.28. The van der Waals surface area contributed by atoms with E-state index in [2.05, 4.69) is 5.32 Å². The third-order valence-electron chi connectivity index (χ3n) is 7.21. The fraction of sp³-hybridized carbons (Fsp3) is 0.571. The summed E-state index contributed by atoms with van der Waals surface area (Å²) in [5.41, 5.74) is -0.222. The molecule has 3 aliphatic heterocycles. The lowest BCUT2D eigenvalue weighted by atomic mass is 9.76. The largest absolute Gasteiger partial charge is 0.326 e. The number of benzene rings is 1. The average Bonchev–Trinajstić information content (AvgIpc) is 3.43. The normalized spacial score (nSPS) is 33.7. The molecule has 6 nitrogen and oxygen atoms in total. The van der Waals surface area contributed by atoms with Gasteiger partial charge in [0.2, 0.25) is 17.4 Å². The SMILES string of the molecule is CSCC[C@@H]1[NH2+][C@@]2(C(=O)Nc3ccc(F)cc32)[C@H]2C(=O)N(C3CCCC3)C(=O)[C@H]12. The molecule has 3 amide bonds. The number of imide groups is 1. The molecule has 0 unspecified atom stereocenters. The van der Waals surface area contributed by atoms with Gasteiger partial charge in [0.25, 0.3) is 5.91 Å². The number of amides is 3. The molecule has 3 heterocycles. The van der Waals surface area contributed by atoms with Gasteiger partial charge in [-0.25, -0.2) is 4.39 Å².